The van der Waals surface area contributed by atoms with E-state index in [2.05, 4.69) is 0 Å². The van der Waals surface area contributed by atoms with Gasteiger partial charge < -0.3 is 14.6 Å². The summed E-state index contributed by atoms with van der Waals surface area (Å²) in [6, 6.07) is 13.1. The Balaban J connectivity index is 1.81. The second-order valence-corrected chi connectivity index (χ2v) is 7.91. The van der Waals surface area contributed by atoms with E-state index in [9.17, 15) is 24.8 Å². The molecule has 0 amide bonds. The first-order valence-corrected chi connectivity index (χ1v) is 10.6. The minimum absolute atomic E-state index is 0.0351. The first-order valence-electron chi connectivity index (χ1n) is 10.6. The van der Waals surface area contributed by atoms with Crippen LogP contribution >= 0.6 is 0 Å². The summed E-state index contributed by atoms with van der Waals surface area (Å²) < 4.78 is 10.9. The second kappa shape index (κ2) is 10.1. The minimum atomic E-state index is -2.01. The highest BCUT2D eigenvalue weighted by Gasteiger charge is 2.40. The highest BCUT2D eigenvalue weighted by atomic mass is 16.6. The second-order valence-electron chi connectivity index (χ2n) is 7.91. The number of carboxylic acid groups (broad SMARTS) is 1. The number of carboxylic acids is 1. The van der Waals surface area contributed by atoms with E-state index in [0.29, 0.717) is 6.61 Å². The molecule has 2 aromatic carbocycles. The molecule has 1 aliphatic rings. The monoisotopic (exact) mass is 451 g/mol. The number of rotatable bonds is 9. The molecule has 0 heterocycles. The van der Waals surface area contributed by atoms with Crippen molar-refractivity contribution in [2.45, 2.75) is 31.8 Å². The number of ether oxygens (including phenoxy) is 2. The maximum absolute atomic E-state index is 12.8. The molecule has 0 radical (unpaired) electrons. The summed E-state index contributed by atoms with van der Waals surface area (Å²) in [5, 5.41) is 21.3. The number of nitrogens with zero attached hydrogens (tertiary/aromatic N) is 1. The first kappa shape index (κ1) is 23.7. The molecule has 0 saturated carbocycles. The standard InChI is InChI=1S/C25H25NO7/c1-3-17(2)16-32-22-10-9-20(15-21(22)26(30)31)23(27)33-25(24(28)29)13-11-19(12-14-25)18-7-5-4-6-8-18/h4-15,17,19H,3,16H2,1-2H3,(H,28,29). The molecule has 1 unspecified atom stereocenters. The number of benzene rings is 2. The van der Waals surface area contributed by atoms with Crippen molar-refractivity contribution in [1.29, 1.82) is 0 Å². The molecular formula is C25H25NO7. The van der Waals surface area contributed by atoms with Crippen LogP contribution in [0.25, 0.3) is 0 Å². The van der Waals surface area contributed by atoms with Gasteiger partial charge in [0.2, 0.25) is 5.60 Å². The van der Waals surface area contributed by atoms with Gasteiger partial charge in [0.15, 0.2) is 5.75 Å². The predicted molar refractivity (Wildman–Crippen MR) is 121 cm³/mol. The lowest BCUT2D eigenvalue weighted by Gasteiger charge is -2.27. The van der Waals surface area contributed by atoms with Gasteiger partial charge >= 0.3 is 17.6 Å². The van der Waals surface area contributed by atoms with Crippen LogP contribution in [0.2, 0.25) is 0 Å². The molecular weight excluding hydrogens is 426 g/mol. The van der Waals surface area contributed by atoms with E-state index < -0.39 is 28.2 Å². The lowest BCUT2D eigenvalue weighted by atomic mass is 9.88. The van der Waals surface area contributed by atoms with Crippen LogP contribution in [0, 0.1) is 16.0 Å². The minimum Gasteiger partial charge on any atom is -0.487 e. The summed E-state index contributed by atoms with van der Waals surface area (Å²) in [6.45, 7) is 4.23. The number of esters is 1. The number of carbonyl (C=O) groups is 2. The summed E-state index contributed by atoms with van der Waals surface area (Å²) in [7, 11) is 0. The van der Waals surface area contributed by atoms with Gasteiger partial charge in [-0.25, -0.2) is 9.59 Å². The lowest BCUT2D eigenvalue weighted by molar-refractivity contribution is -0.385. The van der Waals surface area contributed by atoms with Crippen LogP contribution in [-0.4, -0.2) is 34.2 Å². The zero-order valence-corrected chi connectivity index (χ0v) is 18.3. The number of nitro benzene ring substituents is 1. The first-order chi connectivity index (χ1) is 15.8. The number of nitro groups is 1. The molecule has 1 N–H and O–H groups in total. The SMILES string of the molecule is CCC(C)COc1ccc(C(=O)OC2(C(=O)O)C=CC(c3ccccc3)C=C2)cc1[N+](=O)[O-]. The molecule has 0 aromatic heterocycles. The Labute approximate surface area is 191 Å². The predicted octanol–water partition coefficient (Wildman–Crippen LogP) is 4.91. The summed E-state index contributed by atoms with van der Waals surface area (Å²) in [5.74, 6) is -2.30. The van der Waals surface area contributed by atoms with Crippen molar-refractivity contribution >= 4 is 17.6 Å². The molecule has 172 valence electrons. The van der Waals surface area contributed by atoms with E-state index in [0.717, 1.165) is 18.1 Å². The van der Waals surface area contributed by atoms with Crippen molar-refractivity contribution in [1.82, 2.24) is 0 Å². The highest BCUT2D eigenvalue weighted by molar-refractivity contribution is 5.95. The van der Waals surface area contributed by atoms with Crippen LogP contribution in [0.15, 0.2) is 72.8 Å². The maximum Gasteiger partial charge on any atom is 0.356 e. The van der Waals surface area contributed by atoms with E-state index >= 15 is 0 Å². The third kappa shape index (κ3) is 5.46. The number of carbonyl (C=O) groups excluding carboxylic acids is 1. The highest BCUT2D eigenvalue weighted by Crippen LogP contribution is 2.32. The zero-order valence-electron chi connectivity index (χ0n) is 18.3. The Bertz CT molecular complexity index is 1080. The maximum atomic E-state index is 12.8. The van der Waals surface area contributed by atoms with Gasteiger partial charge in [0, 0.05) is 12.0 Å². The van der Waals surface area contributed by atoms with E-state index in [1.807, 2.05) is 44.2 Å². The van der Waals surface area contributed by atoms with Crippen molar-refractivity contribution in [2.24, 2.45) is 5.92 Å². The Hall–Kier alpha value is -3.94. The molecule has 3 rings (SSSR count). The molecule has 33 heavy (non-hydrogen) atoms. The molecule has 0 fully saturated rings. The Morgan fingerprint density at radius 2 is 1.82 bits per heavy atom. The molecule has 1 aliphatic carbocycles. The molecule has 0 spiro atoms. The number of hydrogen-bond acceptors (Lipinski definition) is 6. The van der Waals surface area contributed by atoms with Gasteiger partial charge in [0.25, 0.3) is 0 Å². The van der Waals surface area contributed by atoms with Crippen molar-refractivity contribution in [2.75, 3.05) is 6.61 Å². The molecule has 8 nitrogen and oxygen atoms in total. The van der Waals surface area contributed by atoms with Crippen LogP contribution in [0.1, 0.15) is 42.1 Å². The molecule has 2 aromatic rings. The normalized spacial score (nSPS) is 20.1. The van der Waals surface area contributed by atoms with E-state index in [4.69, 9.17) is 9.47 Å². The fourth-order valence-electron chi connectivity index (χ4n) is 3.24. The van der Waals surface area contributed by atoms with Crippen molar-refractivity contribution in [3.8, 4) is 5.75 Å². The summed E-state index contributed by atoms with van der Waals surface area (Å²) in [4.78, 5) is 35.6. The number of allylic oxidation sites excluding steroid dienone is 2. The van der Waals surface area contributed by atoms with Gasteiger partial charge in [-0.3, -0.25) is 10.1 Å². The molecule has 0 aliphatic heterocycles. The van der Waals surface area contributed by atoms with Crippen LogP contribution in [0.4, 0.5) is 5.69 Å². The largest absolute Gasteiger partial charge is 0.487 e. The van der Waals surface area contributed by atoms with Gasteiger partial charge in [0.1, 0.15) is 0 Å². The third-order valence-corrected chi connectivity index (χ3v) is 5.49. The van der Waals surface area contributed by atoms with Crippen LogP contribution < -0.4 is 4.74 Å². The summed E-state index contributed by atoms with van der Waals surface area (Å²) in [6.07, 6.45) is 6.75. The summed E-state index contributed by atoms with van der Waals surface area (Å²) >= 11 is 0. The third-order valence-electron chi connectivity index (χ3n) is 5.49. The topological polar surface area (TPSA) is 116 Å². The van der Waals surface area contributed by atoms with E-state index in [1.165, 1.54) is 24.3 Å². The number of hydrogen-bond donors (Lipinski definition) is 1. The van der Waals surface area contributed by atoms with Crippen molar-refractivity contribution in [3.05, 3.63) is 94.1 Å². The molecule has 8 heteroatoms. The van der Waals surface area contributed by atoms with Gasteiger partial charge in [-0.2, -0.15) is 0 Å². The van der Waals surface area contributed by atoms with Gasteiger partial charge in [-0.15, -0.1) is 0 Å². The molecule has 1 atom stereocenters. The van der Waals surface area contributed by atoms with Crippen molar-refractivity contribution in [3.63, 3.8) is 0 Å². The van der Waals surface area contributed by atoms with Crippen molar-refractivity contribution < 1.29 is 29.1 Å². The van der Waals surface area contributed by atoms with E-state index in [-0.39, 0.29) is 23.1 Å². The molecule has 0 bridgehead atoms. The van der Waals surface area contributed by atoms with Gasteiger partial charge in [0.05, 0.1) is 17.1 Å². The molecule has 0 saturated heterocycles. The average molecular weight is 451 g/mol. The van der Waals surface area contributed by atoms with Gasteiger partial charge in [-0.1, -0.05) is 62.8 Å². The van der Waals surface area contributed by atoms with Crippen LogP contribution in [0.5, 0.6) is 5.75 Å². The summed E-state index contributed by atoms with van der Waals surface area (Å²) in [5.41, 5.74) is -1.59. The van der Waals surface area contributed by atoms with Crippen LogP contribution in [-0.2, 0) is 9.53 Å². The fraction of sp³-hybridized carbons (Fsp3) is 0.280. The number of aliphatic carboxylic acids is 1. The van der Waals surface area contributed by atoms with Crippen LogP contribution in [0.3, 0.4) is 0 Å². The smallest absolute Gasteiger partial charge is 0.356 e. The fourth-order valence-corrected chi connectivity index (χ4v) is 3.24. The van der Waals surface area contributed by atoms with E-state index in [1.54, 1.807) is 12.2 Å². The zero-order chi connectivity index (χ0) is 24.0. The Morgan fingerprint density at radius 3 is 2.39 bits per heavy atom. The van der Waals surface area contributed by atoms with Gasteiger partial charge in [-0.05, 0) is 35.8 Å². The average Bonchev–Trinajstić information content (AvgIpc) is 2.83. The Morgan fingerprint density at radius 1 is 1.15 bits per heavy atom. The lowest BCUT2D eigenvalue weighted by Crippen LogP contribution is -2.41. The Kier molecular flexibility index (Phi) is 7.27. The quantitative estimate of drug-likeness (QED) is 0.249.